The molecule has 1 aliphatic heterocycles. The minimum atomic E-state index is -0.724. The number of nitrogens with zero attached hydrogens (tertiary/aromatic N) is 2. The molecule has 7 nitrogen and oxygen atoms in total. The van der Waals surface area contributed by atoms with Gasteiger partial charge in [0.25, 0.3) is 0 Å². The predicted molar refractivity (Wildman–Crippen MR) is 58.6 cm³/mol. The highest BCUT2D eigenvalue weighted by Gasteiger charge is 2.38. The van der Waals surface area contributed by atoms with Gasteiger partial charge in [-0.05, 0) is 13.8 Å². The topological polar surface area (TPSA) is 104 Å². The molecule has 1 fully saturated rings. The van der Waals surface area contributed by atoms with Gasteiger partial charge in [-0.25, -0.2) is 0 Å². The van der Waals surface area contributed by atoms with Gasteiger partial charge in [0.15, 0.2) is 0 Å². The van der Waals surface area contributed by atoms with Gasteiger partial charge in [0.05, 0.1) is 12.6 Å². The number of primary amides is 1. The lowest BCUT2D eigenvalue weighted by molar-refractivity contribution is -0.158. The number of hydrogen-bond acceptors (Lipinski definition) is 4. The van der Waals surface area contributed by atoms with E-state index >= 15 is 0 Å². The number of aliphatic hydroxyl groups excluding tert-OH is 1. The average molecular weight is 243 g/mol. The number of piperazine rings is 1. The molecule has 1 aliphatic rings. The second kappa shape index (κ2) is 5.13. The first-order valence-electron chi connectivity index (χ1n) is 5.37. The molecule has 1 rings (SSSR count). The number of carbonyl (C=O) groups excluding carboxylic acids is 3. The predicted octanol–water partition coefficient (Wildman–Crippen LogP) is -2.09. The van der Waals surface area contributed by atoms with Crippen LogP contribution in [0.2, 0.25) is 0 Å². The van der Waals surface area contributed by atoms with Gasteiger partial charge < -0.3 is 20.6 Å². The molecule has 17 heavy (non-hydrogen) atoms. The van der Waals surface area contributed by atoms with Crippen molar-refractivity contribution in [3.8, 4) is 0 Å². The molecule has 0 spiro atoms. The Morgan fingerprint density at radius 2 is 2.18 bits per heavy atom. The first-order valence-corrected chi connectivity index (χ1v) is 5.37. The minimum Gasteiger partial charge on any atom is -0.394 e. The van der Waals surface area contributed by atoms with Gasteiger partial charge >= 0.3 is 0 Å². The molecule has 7 heteroatoms. The van der Waals surface area contributed by atoms with Crippen LogP contribution >= 0.6 is 0 Å². The Bertz CT molecular complexity index is 344. The van der Waals surface area contributed by atoms with Gasteiger partial charge in [-0.1, -0.05) is 0 Å². The van der Waals surface area contributed by atoms with E-state index in [9.17, 15) is 14.4 Å². The monoisotopic (exact) mass is 243 g/mol. The lowest BCUT2D eigenvalue weighted by atomic mass is 10.1. The van der Waals surface area contributed by atoms with E-state index in [4.69, 9.17) is 10.8 Å². The van der Waals surface area contributed by atoms with Crippen LogP contribution in [0.15, 0.2) is 0 Å². The average Bonchev–Trinajstić information content (AvgIpc) is 2.28. The Kier molecular flexibility index (Phi) is 4.06. The summed E-state index contributed by atoms with van der Waals surface area (Å²) in [5.41, 5.74) is 5.02. The number of hydrogen-bond donors (Lipinski definition) is 2. The van der Waals surface area contributed by atoms with Gasteiger partial charge in [0.1, 0.15) is 19.1 Å². The van der Waals surface area contributed by atoms with Crippen LogP contribution in [-0.4, -0.2) is 64.4 Å². The number of rotatable bonds is 4. The summed E-state index contributed by atoms with van der Waals surface area (Å²) >= 11 is 0. The second-order valence-electron chi connectivity index (χ2n) is 4.16. The third-order valence-electron chi connectivity index (χ3n) is 2.86. The lowest BCUT2D eigenvalue weighted by Crippen LogP contribution is -2.62. The molecule has 3 amide bonds. The number of aliphatic hydroxyl groups is 1. The summed E-state index contributed by atoms with van der Waals surface area (Å²) in [5.74, 6) is -1.27. The van der Waals surface area contributed by atoms with Crippen molar-refractivity contribution in [2.75, 3.05) is 19.7 Å². The van der Waals surface area contributed by atoms with Gasteiger partial charge in [-0.15, -0.1) is 0 Å². The molecule has 0 bridgehead atoms. The van der Waals surface area contributed by atoms with Crippen molar-refractivity contribution < 1.29 is 19.5 Å². The van der Waals surface area contributed by atoms with E-state index in [1.54, 1.807) is 13.8 Å². The van der Waals surface area contributed by atoms with E-state index in [0.29, 0.717) is 0 Å². The number of amides is 3. The Balaban J connectivity index is 2.83. The van der Waals surface area contributed by atoms with Crippen molar-refractivity contribution in [3.05, 3.63) is 0 Å². The van der Waals surface area contributed by atoms with Gasteiger partial charge in [-0.2, -0.15) is 0 Å². The lowest BCUT2D eigenvalue weighted by Gasteiger charge is -2.40. The smallest absolute Gasteiger partial charge is 0.245 e. The summed E-state index contributed by atoms with van der Waals surface area (Å²) in [6.07, 6.45) is 0. The summed E-state index contributed by atoms with van der Waals surface area (Å²) in [6, 6.07) is -1.14. The maximum atomic E-state index is 11.9. The Labute approximate surface area is 99.2 Å². The summed E-state index contributed by atoms with van der Waals surface area (Å²) < 4.78 is 0. The molecular weight excluding hydrogens is 226 g/mol. The summed E-state index contributed by atoms with van der Waals surface area (Å²) in [7, 11) is 0. The molecule has 0 radical (unpaired) electrons. The van der Waals surface area contributed by atoms with Crippen molar-refractivity contribution in [1.29, 1.82) is 0 Å². The second-order valence-corrected chi connectivity index (χ2v) is 4.16. The Hall–Kier alpha value is -1.63. The summed E-state index contributed by atoms with van der Waals surface area (Å²) in [6.45, 7) is 2.61. The van der Waals surface area contributed by atoms with Crippen LogP contribution in [0.4, 0.5) is 0 Å². The SMILES string of the molecule is C[C@@H]1C(=O)N([C@@H](C)CO)CC(=O)N1CC(N)=O. The van der Waals surface area contributed by atoms with Crippen molar-refractivity contribution in [3.63, 3.8) is 0 Å². The number of nitrogens with two attached hydrogens (primary N) is 1. The molecule has 2 atom stereocenters. The number of carbonyl (C=O) groups is 3. The van der Waals surface area contributed by atoms with Gasteiger partial charge in [0, 0.05) is 0 Å². The first-order chi connectivity index (χ1) is 7.88. The van der Waals surface area contributed by atoms with Crippen LogP contribution in [0.25, 0.3) is 0 Å². The molecule has 3 N–H and O–H groups in total. The highest BCUT2D eigenvalue weighted by atomic mass is 16.3. The standard InChI is InChI=1S/C10H17N3O4/c1-6(5-14)12-4-9(16)13(3-8(11)15)7(2)10(12)17/h6-7,14H,3-5H2,1-2H3,(H2,11,15)/t6-,7+/m0/s1. The fraction of sp³-hybridized carbons (Fsp3) is 0.700. The van der Waals surface area contributed by atoms with E-state index in [-0.39, 0.29) is 31.5 Å². The third-order valence-corrected chi connectivity index (χ3v) is 2.86. The summed E-state index contributed by atoms with van der Waals surface area (Å²) in [5, 5.41) is 9.00. The molecule has 0 aromatic heterocycles. The van der Waals surface area contributed by atoms with Crippen molar-refractivity contribution >= 4 is 17.7 Å². The summed E-state index contributed by atoms with van der Waals surface area (Å²) in [4.78, 5) is 37.0. The molecule has 0 aromatic rings. The molecule has 0 aromatic carbocycles. The maximum absolute atomic E-state index is 11.9. The van der Waals surface area contributed by atoms with Crippen LogP contribution < -0.4 is 5.73 Å². The van der Waals surface area contributed by atoms with E-state index < -0.39 is 18.0 Å². The normalized spacial score (nSPS) is 22.9. The van der Waals surface area contributed by atoms with Gasteiger partial charge in [-0.3, -0.25) is 14.4 Å². The highest BCUT2D eigenvalue weighted by Crippen LogP contribution is 2.14. The van der Waals surface area contributed by atoms with Crippen molar-refractivity contribution in [1.82, 2.24) is 9.80 Å². The van der Waals surface area contributed by atoms with E-state index in [1.807, 2.05) is 0 Å². The molecule has 1 saturated heterocycles. The molecule has 0 aliphatic carbocycles. The van der Waals surface area contributed by atoms with Crippen molar-refractivity contribution in [2.45, 2.75) is 25.9 Å². The molecule has 1 heterocycles. The fourth-order valence-corrected chi connectivity index (χ4v) is 1.77. The first kappa shape index (κ1) is 13.4. The third kappa shape index (κ3) is 2.73. The molecule has 0 unspecified atom stereocenters. The Morgan fingerprint density at radius 3 is 2.65 bits per heavy atom. The fourth-order valence-electron chi connectivity index (χ4n) is 1.77. The zero-order valence-electron chi connectivity index (χ0n) is 9.92. The minimum absolute atomic E-state index is 0.127. The van der Waals surface area contributed by atoms with Crippen LogP contribution in [0.1, 0.15) is 13.8 Å². The highest BCUT2D eigenvalue weighted by molar-refractivity contribution is 5.96. The zero-order chi connectivity index (χ0) is 13.2. The quantitative estimate of drug-likeness (QED) is 0.591. The molecule has 0 saturated carbocycles. The van der Waals surface area contributed by atoms with Gasteiger partial charge in [0.2, 0.25) is 17.7 Å². The van der Waals surface area contributed by atoms with Crippen LogP contribution in [0, 0.1) is 0 Å². The molecular formula is C10H17N3O4. The van der Waals surface area contributed by atoms with Crippen LogP contribution in [-0.2, 0) is 14.4 Å². The molecule has 96 valence electrons. The van der Waals surface area contributed by atoms with E-state index in [2.05, 4.69) is 0 Å². The van der Waals surface area contributed by atoms with Crippen LogP contribution in [0.3, 0.4) is 0 Å². The van der Waals surface area contributed by atoms with E-state index in [0.717, 1.165) is 4.90 Å². The Morgan fingerprint density at radius 1 is 1.59 bits per heavy atom. The van der Waals surface area contributed by atoms with Crippen molar-refractivity contribution in [2.24, 2.45) is 5.73 Å². The maximum Gasteiger partial charge on any atom is 0.245 e. The van der Waals surface area contributed by atoms with Crippen LogP contribution in [0.5, 0.6) is 0 Å². The largest absolute Gasteiger partial charge is 0.394 e. The van der Waals surface area contributed by atoms with E-state index in [1.165, 1.54) is 4.90 Å². The zero-order valence-corrected chi connectivity index (χ0v) is 9.92.